The summed E-state index contributed by atoms with van der Waals surface area (Å²) < 4.78 is 36.8. The van der Waals surface area contributed by atoms with Gasteiger partial charge in [-0.1, -0.05) is 6.07 Å². The SMILES string of the molecule is CC1(NCc2ccc(C(N)=O)cc2F)CCS(=O)(=O)C1. The maximum atomic E-state index is 13.8. The number of primary amides is 1. The Labute approximate surface area is 117 Å². The van der Waals surface area contributed by atoms with Gasteiger partial charge in [-0.15, -0.1) is 0 Å². The van der Waals surface area contributed by atoms with E-state index in [1.54, 1.807) is 0 Å². The highest BCUT2D eigenvalue weighted by Crippen LogP contribution is 2.23. The van der Waals surface area contributed by atoms with Crippen molar-refractivity contribution in [2.75, 3.05) is 11.5 Å². The van der Waals surface area contributed by atoms with Crippen molar-refractivity contribution in [3.63, 3.8) is 0 Å². The number of carbonyl (C=O) groups is 1. The standard InChI is InChI=1S/C13H17FN2O3S/c1-13(4-5-20(18,19)8-13)16-7-10-3-2-9(12(15)17)6-11(10)14/h2-3,6,16H,4-5,7-8H2,1H3,(H2,15,17). The molecule has 1 saturated heterocycles. The van der Waals surface area contributed by atoms with E-state index in [0.717, 1.165) is 6.07 Å². The number of amides is 1. The van der Waals surface area contributed by atoms with Crippen LogP contribution in [0.2, 0.25) is 0 Å². The van der Waals surface area contributed by atoms with E-state index in [-0.39, 0.29) is 23.6 Å². The summed E-state index contributed by atoms with van der Waals surface area (Å²) >= 11 is 0. The molecular weight excluding hydrogens is 283 g/mol. The minimum absolute atomic E-state index is 0.0565. The van der Waals surface area contributed by atoms with Crippen LogP contribution < -0.4 is 11.1 Å². The Morgan fingerprint density at radius 2 is 2.20 bits per heavy atom. The zero-order valence-corrected chi connectivity index (χ0v) is 12.0. The first kappa shape index (κ1) is 14.9. The zero-order valence-electron chi connectivity index (χ0n) is 11.1. The molecule has 1 fully saturated rings. The Morgan fingerprint density at radius 1 is 1.50 bits per heavy atom. The molecule has 1 unspecified atom stereocenters. The molecule has 1 amide bonds. The largest absolute Gasteiger partial charge is 0.366 e. The smallest absolute Gasteiger partial charge is 0.248 e. The molecule has 0 bridgehead atoms. The van der Waals surface area contributed by atoms with Crippen LogP contribution in [0.15, 0.2) is 18.2 Å². The van der Waals surface area contributed by atoms with Crippen LogP contribution in [0.1, 0.15) is 29.3 Å². The predicted octanol–water partition coefficient (Wildman–Crippen LogP) is 0.591. The van der Waals surface area contributed by atoms with Crippen molar-refractivity contribution < 1.29 is 17.6 Å². The van der Waals surface area contributed by atoms with E-state index in [2.05, 4.69) is 5.32 Å². The second kappa shape index (κ2) is 5.14. The van der Waals surface area contributed by atoms with Crippen molar-refractivity contribution in [1.82, 2.24) is 5.32 Å². The molecule has 110 valence electrons. The average Bonchev–Trinajstić information content (AvgIpc) is 2.62. The predicted molar refractivity (Wildman–Crippen MR) is 73.4 cm³/mol. The van der Waals surface area contributed by atoms with Crippen LogP contribution in [0, 0.1) is 5.82 Å². The van der Waals surface area contributed by atoms with Gasteiger partial charge in [0.25, 0.3) is 0 Å². The Balaban J connectivity index is 2.07. The molecule has 2 rings (SSSR count). The average molecular weight is 300 g/mol. The third-order valence-corrected chi connectivity index (χ3v) is 5.45. The third kappa shape index (κ3) is 3.34. The van der Waals surface area contributed by atoms with Gasteiger partial charge in [-0.05, 0) is 25.5 Å². The highest BCUT2D eigenvalue weighted by atomic mass is 32.2. The van der Waals surface area contributed by atoms with Crippen molar-refractivity contribution in [3.8, 4) is 0 Å². The molecule has 1 aliphatic rings. The summed E-state index contributed by atoms with van der Waals surface area (Å²) in [6, 6.07) is 4.03. The third-order valence-electron chi connectivity index (χ3n) is 3.55. The number of nitrogens with two attached hydrogens (primary N) is 1. The molecule has 1 atom stereocenters. The molecule has 1 aliphatic heterocycles. The van der Waals surface area contributed by atoms with E-state index < -0.39 is 27.1 Å². The molecule has 1 aromatic carbocycles. The zero-order chi connectivity index (χ0) is 15.0. The molecule has 0 saturated carbocycles. The minimum Gasteiger partial charge on any atom is -0.366 e. The molecule has 7 heteroatoms. The summed E-state index contributed by atoms with van der Waals surface area (Å²) in [5, 5.41) is 3.08. The quantitative estimate of drug-likeness (QED) is 0.852. The summed E-state index contributed by atoms with van der Waals surface area (Å²) in [5.74, 6) is -1.00. The van der Waals surface area contributed by atoms with Crippen molar-refractivity contribution in [1.29, 1.82) is 0 Å². The van der Waals surface area contributed by atoms with Gasteiger partial charge in [0.15, 0.2) is 9.84 Å². The van der Waals surface area contributed by atoms with E-state index in [9.17, 15) is 17.6 Å². The first-order valence-corrected chi connectivity index (χ1v) is 8.07. The van der Waals surface area contributed by atoms with Gasteiger partial charge in [-0.2, -0.15) is 0 Å². The Hall–Kier alpha value is -1.47. The molecule has 3 N–H and O–H groups in total. The van der Waals surface area contributed by atoms with Gasteiger partial charge in [0.05, 0.1) is 11.5 Å². The number of rotatable bonds is 4. The first-order chi connectivity index (χ1) is 9.21. The van der Waals surface area contributed by atoms with Crippen LogP contribution in [0.4, 0.5) is 4.39 Å². The Bertz CT molecular complexity index is 645. The van der Waals surface area contributed by atoms with Gasteiger partial charge >= 0.3 is 0 Å². The van der Waals surface area contributed by atoms with Crippen LogP contribution in [-0.4, -0.2) is 31.4 Å². The summed E-state index contributed by atoms with van der Waals surface area (Å²) in [6.45, 7) is 2.02. The highest BCUT2D eigenvalue weighted by molar-refractivity contribution is 7.91. The van der Waals surface area contributed by atoms with Gasteiger partial charge < -0.3 is 11.1 Å². The monoisotopic (exact) mass is 300 g/mol. The number of sulfone groups is 1. The molecule has 0 radical (unpaired) electrons. The Morgan fingerprint density at radius 3 is 2.70 bits per heavy atom. The normalized spacial score (nSPS) is 24.7. The molecular formula is C13H17FN2O3S. The second-order valence-electron chi connectivity index (χ2n) is 5.43. The lowest BCUT2D eigenvalue weighted by Gasteiger charge is -2.24. The van der Waals surface area contributed by atoms with Crippen LogP contribution in [0.5, 0.6) is 0 Å². The first-order valence-electron chi connectivity index (χ1n) is 6.24. The molecule has 1 heterocycles. The van der Waals surface area contributed by atoms with Crippen molar-refractivity contribution in [3.05, 3.63) is 35.1 Å². The van der Waals surface area contributed by atoms with Crippen molar-refractivity contribution in [2.45, 2.75) is 25.4 Å². The van der Waals surface area contributed by atoms with Gasteiger partial charge in [0.2, 0.25) is 5.91 Å². The lowest BCUT2D eigenvalue weighted by Crippen LogP contribution is -2.43. The van der Waals surface area contributed by atoms with Crippen molar-refractivity contribution in [2.24, 2.45) is 5.73 Å². The van der Waals surface area contributed by atoms with E-state index in [1.165, 1.54) is 12.1 Å². The fourth-order valence-corrected chi connectivity index (χ4v) is 4.43. The maximum Gasteiger partial charge on any atom is 0.248 e. The number of nitrogens with one attached hydrogen (secondary N) is 1. The number of hydrogen-bond donors (Lipinski definition) is 2. The molecule has 5 nitrogen and oxygen atoms in total. The number of hydrogen-bond acceptors (Lipinski definition) is 4. The minimum atomic E-state index is -3.00. The number of benzene rings is 1. The van der Waals surface area contributed by atoms with Crippen LogP contribution in [-0.2, 0) is 16.4 Å². The molecule has 0 spiro atoms. The van der Waals surface area contributed by atoms with Crippen LogP contribution in [0.3, 0.4) is 0 Å². The summed E-state index contributed by atoms with van der Waals surface area (Å²) in [4.78, 5) is 10.9. The van der Waals surface area contributed by atoms with E-state index in [0.29, 0.717) is 12.0 Å². The number of halogens is 1. The fourth-order valence-electron chi connectivity index (χ4n) is 2.30. The van der Waals surface area contributed by atoms with Crippen LogP contribution >= 0.6 is 0 Å². The summed E-state index contributed by atoms with van der Waals surface area (Å²) in [7, 11) is -3.00. The second-order valence-corrected chi connectivity index (χ2v) is 7.61. The lowest BCUT2D eigenvalue weighted by atomic mass is 10.0. The van der Waals surface area contributed by atoms with E-state index in [4.69, 9.17) is 5.73 Å². The summed E-state index contributed by atoms with van der Waals surface area (Å²) in [5.41, 5.74) is 5.02. The van der Waals surface area contributed by atoms with Crippen LogP contribution in [0.25, 0.3) is 0 Å². The van der Waals surface area contributed by atoms with Gasteiger partial charge in [0.1, 0.15) is 5.82 Å². The molecule has 0 aliphatic carbocycles. The topological polar surface area (TPSA) is 89.3 Å². The molecule has 1 aromatic rings. The fraction of sp³-hybridized carbons (Fsp3) is 0.462. The van der Waals surface area contributed by atoms with Gasteiger partial charge in [-0.3, -0.25) is 4.79 Å². The Kier molecular flexibility index (Phi) is 3.84. The highest BCUT2D eigenvalue weighted by Gasteiger charge is 2.37. The molecule has 20 heavy (non-hydrogen) atoms. The van der Waals surface area contributed by atoms with Gasteiger partial charge in [-0.25, -0.2) is 12.8 Å². The molecule has 0 aromatic heterocycles. The number of carbonyl (C=O) groups excluding carboxylic acids is 1. The summed E-state index contributed by atoms with van der Waals surface area (Å²) in [6.07, 6.45) is 0.510. The van der Waals surface area contributed by atoms with Gasteiger partial charge in [0, 0.05) is 23.2 Å². The van der Waals surface area contributed by atoms with E-state index in [1.807, 2.05) is 6.92 Å². The van der Waals surface area contributed by atoms with Crippen molar-refractivity contribution >= 4 is 15.7 Å². The van der Waals surface area contributed by atoms with E-state index >= 15 is 0 Å². The lowest BCUT2D eigenvalue weighted by molar-refractivity contribution is 0.1000. The maximum absolute atomic E-state index is 13.8.